The van der Waals surface area contributed by atoms with Crippen LogP contribution in [0.1, 0.15) is 47.5 Å². The van der Waals surface area contributed by atoms with Gasteiger partial charge in [0.1, 0.15) is 0 Å². The van der Waals surface area contributed by atoms with Crippen LogP contribution in [-0.2, 0) is 4.43 Å². The third-order valence-electron chi connectivity index (χ3n) is 5.15. The van der Waals surface area contributed by atoms with Gasteiger partial charge < -0.3 is 10.2 Å². The standard InChI is InChI=1S/C25H37NOSi/c1-21(2)20-22(26)14-12-13-19-27-28(25(3,4)5,23-15-8-6-9-16-23)24-17-10-7-11-18-24/h6-12,14-18,21-22H,13,19-20,26H2,1-5H3/t22-/m1/s1. The third kappa shape index (κ3) is 5.66. The van der Waals surface area contributed by atoms with Crippen LogP contribution < -0.4 is 16.1 Å². The van der Waals surface area contributed by atoms with Crippen molar-refractivity contribution in [3.63, 3.8) is 0 Å². The van der Waals surface area contributed by atoms with Crippen molar-refractivity contribution in [1.29, 1.82) is 0 Å². The zero-order chi connectivity index (χ0) is 20.6. The van der Waals surface area contributed by atoms with E-state index in [4.69, 9.17) is 10.2 Å². The van der Waals surface area contributed by atoms with Gasteiger partial charge in [0.15, 0.2) is 0 Å². The Morgan fingerprint density at radius 3 is 1.86 bits per heavy atom. The van der Waals surface area contributed by atoms with Crippen LogP contribution >= 0.6 is 0 Å². The van der Waals surface area contributed by atoms with Gasteiger partial charge in [-0.2, -0.15) is 0 Å². The van der Waals surface area contributed by atoms with Gasteiger partial charge in [-0.1, -0.05) is 107 Å². The molecule has 28 heavy (non-hydrogen) atoms. The van der Waals surface area contributed by atoms with Gasteiger partial charge in [0.25, 0.3) is 8.32 Å². The predicted octanol–water partition coefficient (Wildman–Crippen LogP) is 4.88. The summed E-state index contributed by atoms with van der Waals surface area (Å²) in [6.07, 6.45) is 6.22. The van der Waals surface area contributed by atoms with Crippen LogP contribution in [0.4, 0.5) is 0 Å². The van der Waals surface area contributed by atoms with E-state index < -0.39 is 8.32 Å². The molecule has 0 heterocycles. The van der Waals surface area contributed by atoms with Gasteiger partial charge in [-0.15, -0.1) is 0 Å². The molecule has 0 amide bonds. The molecule has 0 fully saturated rings. The molecule has 1 atom stereocenters. The van der Waals surface area contributed by atoms with Crippen molar-refractivity contribution in [2.45, 2.75) is 58.5 Å². The molecule has 0 saturated carbocycles. The summed E-state index contributed by atoms with van der Waals surface area (Å²) >= 11 is 0. The Bertz CT molecular complexity index is 680. The molecule has 0 aromatic heterocycles. The van der Waals surface area contributed by atoms with Gasteiger partial charge in [-0.05, 0) is 34.2 Å². The minimum absolute atomic E-state index is 0.0213. The van der Waals surface area contributed by atoms with Crippen molar-refractivity contribution in [3.05, 3.63) is 72.8 Å². The van der Waals surface area contributed by atoms with E-state index in [9.17, 15) is 0 Å². The first-order valence-electron chi connectivity index (χ1n) is 10.4. The Labute approximate surface area is 173 Å². The third-order valence-corrected chi connectivity index (χ3v) is 10.2. The van der Waals surface area contributed by atoms with Crippen LogP contribution in [0.25, 0.3) is 0 Å². The largest absolute Gasteiger partial charge is 0.407 e. The monoisotopic (exact) mass is 395 g/mol. The molecule has 2 nitrogen and oxygen atoms in total. The highest BCUT2D eigenvalue weighted by atomic mass is 28.4. The highest BCUT2D eigenvalue weighted by Crippen LogP contribution is 2.36. The first kappa shape index (κ1) is 22.6. The van der Waals surface area contributed by atoms with Gasteiger partial charge in [-0.3, -0.25) is 0 Å². The smallest absolute Gasteiger partial charge is 0.261 e. The van der Waals surface area contributed by atoms with E-state index >= 15 is 0 Å². The maximum absolute atomic E-state index is 6.88. The number of rotatable bonds is 9. The van der Waals surface area contributed by atoms with Gasteiger partial charge >= 0.3 is 0 Å². The highest BCUT2D eigenvalue weighted by molar-refractivity contribution is 6.99. The second-order valence-electron chi connectivity index (χ2n) is 9.02. The molecule has 2 N–H and O–H groups in total. The molecule has 2 rings (SSSR count). The van der Waals surface area contributed by atoms with Crippen LogP contribution in [0.15, 0.2) is 72.8 Å². The zero-order valence-corrected chi connectivity index (χ0v) is 19.2. The number of benzene rings is 2. The second kappa shape index (κ2) is 10.2. The van der Waals surface area contributed by atoms with Crippen LogP contribution in [0, 0.1) is 5.92 Å². The average Bonchev–Trinajstić information content (AvgIpc) is 2.64. The average molecular weight is 396 g/mol. The van der Waals surface area contributed by atoms with Gasteiger partial charge in [-0.25, -0.2) is 0 Å². The van der Waals surface area contributed by atoms with E-state index in [0.717, 1.165) is 12.8 Å². The lowest BCUT2D eigenvalue weighted by atomic mass is 10.0. The molecule has 0 aliphatic rings. The molecule has 0 aliphatic carbocycles. The molecular formula is C25H37NOSi. The number of nitrogens with two attached hydrogens (primary N) is 1. The summed E-state index contributed by atoms with van der Waals surface area (Å²) in [5.41, 5.74) is 6.18. The summed E-state index contributed by atoms with van der Waals surface area (Å²) in [7, 11) is -2.42. The number of hydrogen-bond donors (Lipinski definition) is 1. The maximum Gasteiger partial charge on any atom is 0.261 e. The topological polar surface area (TPSA) is 35.2 Å². The fraction of sp³-hybridized carbons (Fsp3) is 0.440. The predicted molar refractivity (Wildman–Crippen MR) is 125 cm³/mol. The molecule has 0 unspecified atom stereocenters. The summed E-state index contributed by atoms with van der Waals surface area (Å²) in [6, 6.07) is 21.7. The fourth-order valence-corrected chi connectivity index (χ4v) is 8.52. The van der Waals surface area contributed by atoms with Crippen molar-refractivity contribution in [3.8, 4) is 0 Å². The van der Waals surface area contributed by atoms with E-state index in [1.165, 1.54) is 10.4 Å². The molecule has 0 spiro atoms. The molecule has 0 bridgehead atoms. The highest BCUT2D eigenvalue weighted by Gasteiger charge is 2.49. The fourth-order valence-electron chi connectivity index (χ4n) is 3.94. The quantitative estimate of drug-likeness (QED) is 0.373. The van der Waals surface area contributed by atoms with Crippen molar-refractivity contribution < 1.29 is 4.43 Å². The van der Waals surface area contributed by atoms with Gasteiger partial charge in [0.2, 0.25) is 0 Å². The van der Waals surface area contributed by atoms with Crippen LogP contribution in [-0.4, -0.2) is 21.0 Å². The van der Waals surface area contributed by atoms with E-state index in [1.807, 2.05) is 0 Å². The second-order valence-corrected chi connectivity index (χ2v) is 13.3. The first-order chi connectivity index (χ1) is 13.3. The summed E-state index contributed by atoms with van der Waals surface area (Å²) < 4.78 is 6.88. The molecule has 3 heteroatoms. The van der Waals surface area contributed by atoms with Crippen molar-refractivity contribution in [2.75, 3.05) is 6.61 Å². The van der Waals surface area contributed by atoms with Crippen molar-refractivity contribution >= 4 is 18.7 Å². The van der Waals surface area contributed by atoms with E-state index in [-0.39, 0.29) is 11.1 Å². The normalized spacial score (nSPS) is 14.0. The molecule has 0 saturated heterocycles. The van der Waals surface area contributed by atoms with Crippen LogP contribution in [0.3, 0.4) is 0 Å². The van der Waals surface area contributed by atoms with E-state index in [1.54, 1.807) is 0 Å². The number of hydrogen-bond acceptors (Lipinski definition) is 2. The SMILES string of the molecule is CC(C)C[C@H](N)C=CCCO[Si](c1ccccc1)(c1ccccc1)C(C)(C)C. The van der Waals surface area contributed by atoms with Crippen LogP contribution in [0.2, 0.25) is 5.04 Å². The summed E-state index contributed by atoms with van der Waals surface area (Å²) in [5.74, 6) is 0.619. The Kier molecular flexibility index (Phi) is 8.23. The molecule has 152 valence electrons. The Hall–Kier alpha value is -1.68. The lowest BCUT2D eigenvalue weighted by Crippen LogP contribution is -2.66. The molecule has 2 aromatic rings. The van der Waals surface area contributed by atoms with E-state index in [2.05, 4.69) is 107 Å². The molecule has 0 radical (unpaired) electrons. The van der Waals surface area contributed by atoms with E-state index in [0.29, 0.717) is 12.5 Å². The van der Waals surface area contributed by atoms with Gasteiger partial charge in [0, 0.05) is 12.6 Å². The van der Waals surface area contributed by atoms with Crippen LogP contribution in [0.5, 0.6) is 0 Å². The zero-order valence-electron chi connectivity index (χ0n) is 18.2. The van der Waals surface area contributed by atoms with Crippen molar-refractivity contribution in [2.24, 2.45) is 11.7 Å². The maximum atomic E-state index is 6.88. The lowest BCUT2D eigenvalue weighted by Gasteiger charge is -2.43. The first-order valence-corrected chi connectivity index (χ1v) is 12.4. The minimum Gasteiger partial charge on any atom is -0.407 e. The Morgan fingerprint density at radius 2 is 1.43 bits per heavy atom. The summed E-state index contributed by atoms with van der Waals surface area (Å²) in [5, 5.41) is 2.68. The minimum atomic E-state index is -2.42. The summed E-state index contributed by atoms with van der Waals surface area (Å²) in [4.78, 5) is 0. The molecule has 2 aromatic carbocycles. The molecular weight excluding hydrogens is 358 g/mol. The Morgan fingerprint density at radius 1 is 0.929 bits per heavy atom. The summed E-state index contributed by atoms with van der Waals surface area (Å²) in [6.45, 7) is 12.1. The Balaban J connectivity index is 2.26. The van der Waals surface area contributed by atoms with Crippen molar-refractivity contribution in [1.82, 2.24) is 0 Å². The van der Waals surface area contributed by atoms with Gasteiger partial charge in [0.05, 0.1) is 0 Å². The molecule has 0 aliphatic heterocycles. The lowest BCUT2D eigenvalue weighted by molar-refractivity contribution is 0.304.